The standard InChI is InChI=1S/C19H36O/c1-3-4-11-14-17(2)18-15-12-9-7-5-6-8-10-13-16-19(18)20/h17-18H,3-16H2,1-2H3/t17-,18+/m0/s1. The lowest BCUT2D eigenvalue weighted by atomic mass is 9.80. The van der Waals surface area contributed by atoms with Crippen LogP contribution in [0.25, 0.3) is 0 Å². The Bertz CT molecular complexity index is 246. The van der Waals surface area contributed by atoms with Gasteiger partial charge in [-0.05, 0) is 18.8 Å². The molecule has 1 rings (SSSR count). The zero-order chi connectivity index (χ0) is 14.6. The summed E-state index contributed by atoms with van der Waals surface area (Å²) in [5, 5.41) is 0. The van der Waals surface area contributed by atoms with Crippen molar-refractivity contribution in [2.75, 3.05) is 0 Å². The molecular formula is C19H36O. The molecule has 0 saturated heterocycles. The number of Topliss-reactive ketones (excluding diaryl/α,β-unsaturated/α-hetero) is 1. The molecule has 0 aromatic heterocycles. The van der Waals surface area contributed by atoms with E-state index in [2.05, 4.69) is 13.8 Å². The van der Waals surface area contributed by atoms with Crippen molar-refractivity contribution in [3.05, 3.63) is 0 Å². The van der Waals surface area contributed by atoms with Crippen LogP contribution < -0.4 is 0 Å². The quantitative estimate of drug-likeness (QED) is 0.540. The van der Waals surface area contributed by atoms with Gasteiger partial charge in [-0.1, -0.05) is 84.5 Å². The first-order valence-corrected chi connectivity index (χ1v) is 9.28. The van der Waals surface area contributed by atoms with Crippen LogP contribution in [0.2, 0.25) is 0 Å². The lowest BCUT2D eigenvalue weighted by molar-refractivity contribution is -0.124. The summed E-state index contributed by atoms with van der Waals surface area (Å²) in [6, 6.07) is 0. The fraction of sp³-hybridized carbons (Fsp3) is 0.947. The minimum Gasteiger partial charge on any atom is -0.299 e. The average Bonchev–Trinajstić information content (AvgIpc) is 2.43. The molecule has 0 aliphatic heterocycles. The van der Waals surface area contributed by atoms with Crippen LogP contribution in [-0.2, 0) is 4.79 Å². The Morgan fingerprint density at radius 2 is 1.55 bits per heavy atom. The fourth-order valence-corrected chi connectivity index (χ4v) is 3.59. The average molecular weight is 280 g/mol. The Labute approximate surface area is 126 Å². The first kappa shape index (κ1) is 17.7. The molecule has 1 nitrogen and oxygen atoms in total. The Kier molecular flexibility index (Phi) is 10.1. The highest BCUT2D eigenvalue weighted by Crippen LogP contribution is 2.27. The van der Waals surface area contributed by atoms with E-state index in [1.807, 2.05) is 0 Å². The van der Waals surface area contributed by atoms with E-state index in [0.29, 0.717) is 17.6 Å². The number of carbonyl (C=O) groups is 1. The van der Waals surface area contributed by atoms with Crippen LogP contribution in [0, 0.1) is 11.8 Å². The van der Waals surface area contributed by atoms with E-state index >= 15 is 0 Å². The number of unbranched alkanes of at least 4 members (excludes halogenated alkanes) is 2. The first-order chi connectivity index (χ1) is 9.75. The van der Waals surface area contributed by atoms with E-state index in [9.17, 15) is 4.79 Å². The second-order valence-electron chi connectivity index (χ2n) is 6.91. The third-order valence-electron chi connectivity index (χ3n) is 5.05. The number of carbonyl (C=O) groups excluding carboxylic acids is 1. The molecule has 0 amide bonds. The molecule has 0 spiro atoms. The molecule has 2 atom stereocenters. The van der Waals surface area contributed by atoms with Gasteiger partial charge in [0, 0.05) is 12.3 Å². The maximum absolute atomic E-state index is 12.5. The monoisotopic (exact) mass is 280 g/mol. The van der Waals surface area contributed by atoms with Gasteiger partial charge in [0.05, 0.1) is 0 Å². The van der Waals surface area contributed by atoms with Crippen LogP contribution in [0.4, 0.5) is 0 Å². The first-order valence-electron chi connectivity index (χ1n) is 9.28. The molecule has 1 fully saturated rings. The molecule has 20 heavy (non-hydrogen) atoms. The number of hydrogen-bond donors (Lipinski definition) is 0. The summed E-state index contributed by atoms with van der Waals surface area (Å²) in [4.78, 5) is 12.5. The van der Waals surface area contributed by atoms with Gasteiger partial charge in [0.15, 0.2) is 0 Å². The van der Waals surface area contributed by atoms with E-state index < -0.39 is 0 Å². The summed E-state index contributed by atoms with van der Waals surface area (Å²) in [5.74, 6) is 1.55. The van der Waals surface area contributed by atoms with E-state index in [1.54, 1.807) is 0 Å². The summed E-state index contributed by atoms with van der Waals surface area (Å²) >= 11 is 0. The molecule has 0 N–H and O–H groups in total. The number of hydrogen-bond acceptors (Lipinski definition) is 1. The Morgan fingerprint density at radius 3 is 2.20 bits per heavy atom. The van der Waals surface area contributed by atoms with Gasteiger partial charge in [0.1, 0.15) is 5.78 Å². The topological polar surface area (TPSA) is 17.1 Å². The Hall–Kier alpha value is -0.330. The lowest BCUT2D eigenvalue weighted by Crippen LogP contribution is -2.22. The summed E-state index contributed by atoms with van der Waals surface area (Å²) in [7, 11) is 0. The maximum Gasteiger partial charge on any atom is 0.136 e. The highest BCUT2D eigenvalue weighted by Gasteiger charge is 2.23. The smallest absolute Gasteiger partial charge is 0.136 e. The minimum atomic E-state index is 0.367. The van der Waals surface area contributed by atoms with Crippen molar-refractivity contribution in [2.24, 2.45) is 11.8 Å². The van der Waals surface area contributed by atoms with Gasteiger partial charge in [0.25, 0.3) is 0 Å². The van der Waals surface area contributed by atoms with Crippen molar-refractivity contribution in [3.63, 3.8) is 0 Å². The molecule has 0 heterocycles. The van der Waals surface area contributed by atoms with Gasteiger partial charge in [-0.3, -0.25) is 4.79 Å². The Morgan fingerprint density at radius 1 is 0.950 bits per heavy atom. The molecule has 0 aromatic rings. The zero-order valence-electron chi connectivity index (χ0n) is 14.0. The van der Waals surface area contributed by atoms with E-state index in [-0.39, 0.29) is 0 Å². The van der Waals surface area contributed by atoms with Crippen LogP contribution in [-0.4, -0.2) is 5.78 Å². The van der Waals surface area contributed by atoms with Gasteiger partial charge in [0.2, 0.25) is 0 Å². The summed E-state index contributed by atoms with van der Waals surface area (Å²) in [5.41, 5.74) is 0. The summed E-state index contributed by atoms with van der Waals surface area (Å²) < 4.78 is 0. The normalized spacial score (nSPS) is 24.7. The molecule has 1 saturated carbocycles. The van der Waals surface area contributed by atoms with Crippen LogP contribution >= 0.6 is 0 Å². The molecular weight excluding hydrogens is 244 g/mol. The molecule has 0 aromatic carbocycles. The van der Waals surface area contributed by atoms with Gasteiger partial charge < -0.3 is 0 Å². The highest BCUT2D eigenvalue weighted by molar-refractivity contribution is 5.81. The number of rotatable bonds is 5. The third kappa shape index (κ3) is 7.45. The van der Waals surface area contributed by atoms with Gasteiger partial charge in [-0.2, -0.15) is 0 Å². The molecule has 118 valence electrons. The summed E-state index contributed by atoms with van der Waals surface area (Å²) in [6.07, 6.45) is 17.7. The van der Waals surface area contributed by atoms with Crippen molar-refractivity contribution in [2.45, 2.75) is 104 Å². The Balaban J connectivity index is 2.45. The summed E-state index contributed by atoms with van der Waals surface area (Å²) in [6.45, 7) is 4.58. The van der Waals surface area contributed by atoms with E-state index in [0.717, 1.165) is 19.3 Å². The second kappa shape index (κ2) is 11.3. The molecule has 0 bridgehead atoms. The fourth-order valence-electron chi connectivity index (χ4n) is 3.59. The van der Waals surface area contributed by atoms with Gasteiger partial charge >= 0.3 is 0 Å². The molecule has 0 unspecified atom stereocenters. The van der Waals surface area contributed by atoms with Crippen molar-refractivity contribution in [3.8, 4) is 0 Å². The lowest BCUT2D eigenvalue weighted by Gasteiger charge is -2.23. The van der Waals surface area contributed by atoms with Gasteiger partial charge in [-0.15, -0.1) is 0 Å². The molecule has 1 aliphatic rings. The van der Waals surface area contributed by atoms with Crippen LogP contribution in [0.1, 0.15) is 104 Å². The van der Waals surface area contributed by atoms with Crippen LogP contribution in [0.3, 0.4) is 0 Å². The van der Waals surface area contributed by atoms with Gasteiger partial charge in [-0.25, -0.2) is 0 Å². The minimum absolute atomic E-state index is 0.367. The third-order valence-corrected chi connectivity index (χ3v) is 5.05. The maximum atomic E-state index is 12.5. The highest BCUT2D eigenvalue weighted by atomic mass is 16.1. The molecule has 0 radical (unpaired) electrons. The largest absolute Gasteiger partial charge is 0.299 e. The van der Waals surface area contributed by atoms with E-state index in [1.165, 1.54) is 70.6 Å². The number of ketones is 1. The van der Waals surface area contributed by atoms with Crippen molar-refractivity contribution >= 4 is 5.78 Å². The van der Waals surface area contributed by atoms with Crippen molar-refractivity contribution < 1.29 is 4.79 Å². The van der Waals surface area contributed by atoms with Crippen LogP contribution in [0.15, 0.2) is 0 Å². The second-order valence-corrected chi connectivity index (χ2v) is 6.91. The SMILES string of the molecule is CCCCC[C@H](C)[C@H]1CCCCCCCCCCC1=O. The predicted octanol–water partition coefficient (Wildman–Crippen LogP) is 6.30. The van der Waals surface area contributed by atoms with Crippen LogP contribution in [0.5, 0.6) is 0 Å². The van der Waals surface area contributed by atoms with Crippen molar-refractivity contribution in [1.82, 2.24) is 0 Å². The predicted molar refractivity (Wildman–Crippen MR) is 88.0 cm³/mol. The van der Waals surface area contributed by atoms with Crippen molar-refractivity contribution in [1.29, 1.82) is 0 Å². The zero-order valence-corrected chi connectivity index (χ0v) is 14.0. The van der Waals surface area contributed by atoms with E-state index in [4.69, 9.17) is 0 Å². The molecule has 1 heteroatoms. The molecule has 1 aliphatic carbocycles.